The van der Waals surface area contributed by atoms with Gasteiger partial charge in [0.25, 0.3) is 0 Å². The maximum absolute atomic E-state index is 13.1. The number of nitrogens with zero attached hydrogens (tertiary/aromatic N) is 2. The van der Waals surface area contributed by atoms with Crippen LogP contribution < -0.4 is 0 Å². The number of rotatable bonds is 4. The van der Waals surface area contributed by atoms with Crippen LogP contribution in [0.4, 0.5) is 8.78 Å². The molecule has 0 amide bonds. The van der Waals surface area contributed by atoms with E-state index in [1.54, 1.807) is 0 Å². The third-order valence-corrected chi connectivity index (χ3v) is 8.14. The molecule has 0 aromatic rings. The Morgan fingerprint density at radius 2 is 0.969 bits per heavy atom. The fraction of sp³-hybridized carbons (Fsp3) is 1.00. The Morgan fingerprint density at radius 3 is 1.28 bits per heavy atom. The number of hydrogen-bond donors (Lipinski definition) is 0. The van der Waals surface area contributed by atoms with E-state index in [0.29, 0.717) is 37.9 Å². The van der Waals surface area contributed by atoms with E-state index >= 15 is 0 Å². The zero-order chi connectivity index (χ0) is 23.1. The zero-order valence-corrected chi connectivity index (χ0v) is 21.0. The van der Waals surface area contributed by atoms with E-state index in [4.69, 9.17) is 9.47 Å². The minimum Gasteiger partial charge on any atom is -0.374 e. The summed E-state index contributed by atoms with van der Waals surface area (Å²) in [5.41, 5.74) is 0. The fourth-order valence-electron chi connectivity index (χ4n) is 5.49. The van der Waals surface area contributed by atoms with Crippen molar-refractivity contribution in [3.63, 3.8) is 0 Å². The Balaban J connectivity index is 0.000000181. The molecule has 0 spiro atoms. The minimum atomic E-state index is -0.743. The van der Waals surface area contributed by atoms with Crippen molar-refractivity contribution in [3.8, 4) is 0 Å². The molecule has 6 atom stereocenters. The van der Waals surface area contributed by atoms with Gasteiger partial charge in [-0.05, 0) is 88.4 Å². The lowest BCUT2D eigenvalue weighted by molar-refractivity contribution is -0.0746. The van der Waals surface area contributed by atoms with Crippen molar-refractivity contribution >= 4 is 0 Å². The highest BCUT2D eigenvalue weighted by atomic mass is 19.1. The van der Waals surface area contributed by atoms with Gasteiger partial charge in [0.05, 0.1) is 25.4 Å². The van der Waals surface area contributed by atoms with Crippen LogP contribution in [0.3, 0.4) is 0 Å². The smallest absolute Gasteiger partial charge is 0.124 e. The summed E-state index contributed by atoms with van der Waals surface area (Å²) in [7, 11) is 0. The number of alkyl halides is 2. The normalized spacial score (nSPS) is 38.8. The van der Waals surface area contributed by atoms with Gasteiger partial charge >= 0.3 is 0 Å². The quantitative estimate of drug-likeness (QED) is 0.594. The summed E-state index contributed by atoms with van der Waals surface area (Å²) in [6.45, 7) is 16.2. The van der Waals surface area contributed by atoms with Crippen LogP contribution in [0.1, 0.15) is 66.2 Å². The zero-order valence-electron chi connectivity index (χ0n) is 21.0. The van der Waals surface area contributed by atoms with E-state index in [2.05, 4.69) is 37.5 Å². The van der Waals surface area contributed by atoms with Crippen LogP contribution in [-0.4, -0.2) is 86.8 Å². The lowest BCUT2D eigenvalue weighted by atomic mass is 9.93. The predicted molar refractivity (Wildman–Crippen MR) is 127 cm³/mol. The summed E-state index contributed by atoms with van der Waals surface area (Å²) in [6.07, 6.45) is 5.56. The van der Waals surface area contributed by atoms with Gasteiger partial charge in [0, 0.05) is 13.1 Å². The van der Waals surface area contributed by atoms with Gasteiger partial charge < -0.3 is 19.3 Å². The topological polar surface area (TPSA) is 24.9 Å². The molecule has 4 rings (SSSR count). The highest BCUT2D eigenvalue weighted by molar-refractivity contribution is 4.82. The Morgan fingerprint density at radius 1 is 0.625 bits per heavy atom. The van der Waals surface area contributed by atoms with Crippen LogP contribution in [0.25, 0.3) is 0 Å². The average molecular weight is 459 g/mol. The van der Waals surface area contributed by atoms with Gasteiger partial charge in [-0.3, -0.25) is 0 Å². The van der Waals surface area contributed by atoms with Crippen molar-refractivity contribution in [2.45, 2.75) is 90.8 Å². The van der Waals surface area contributed by atoms with E-state index in [1.807, 2.05) is 0 Å². The molecule has 0 saturated carbocycles. The van der Waals surface area contributed by atoms with Crippen LogP contribution in [0, 0.1) is 23.7 Å². The molecule has 32 heavy (non-hydrogen) atoms. The highest BCUT2D eigenvalue weighted by Crippen LogP contribution is 2.26. The molecule has 2 unspecified atom stereocenters. The Labute approximate surface area is 195 Å². The maximum atomic E-state index is 13.1. The molecule has 4 aliphatic heterocycles. The van der Waals surface area contributed by atoms with Crippen molar-refractivity contribution in [2.24, 2.45) is 23.7 Å². The molecular weight excluding hydrogens is 410 g/mol. The SMILES string of the molecule is CC1CCN(C[C@@H]2OCC(F)C[C@H]2C)CC1.CC1CCN(C[C@H]2OC[C@H](F)CC2C)CC1. The van der Waals surface area contributed by atoms with Crippen molar-refractivity contribution < 1.29 is 18.3 Å². The second-order valence-electron chi connectivity index (χ2n) is 11.3. The molecular formula is C26H48F2N2O2. The lowest BCUT2D eigenvalue weighted by Crippen LogP contribution is -2.45. The number of hydrogen-bond acceptors (Lipinski definition) is 4. The van der Waals surface area contributed by atoms with Gasteiger partial charge in [0.1, 0.15) is 12.3 Å². The third-order valence-electron chi connectivity index (χ3n) is 8.14. The first-order chi connectivity index (χ1) is 15.3. The van der Waals surface area contributed by atoms with E-state index in [9.17, 15) is 8.78 Å². The van der Waals surface area contributed by atoms with Crippen molar-refractivity contribution in [1.29, 1.82) is 0 Å². The van der Waals surface area contributed by atoms with Gasteiger partial charge in [-0.15, -0.1) is 0 Å². The molecule has 0 aromatic heterocycles. The fourth-order valence-corrected chi connectivity index (χ4v) is 5.49. The second kappa shape index (κ2) is 13.0. The molecule has 0 bridgehead atoms. The van der Waals surface area contributed by atoms with Crippen LogP contribution in [0.15, 0.2) is 0 Å². The van der Waals surface area contributed by atoms with E-state index < -0.39 is 12.3 Å². The monoisotopic (exact) mass is 458 g/mol. The Hall–Kier alpha value is -0.300. The summed E-state index contributed by atoms with van der Waals surface area (Å²) < 4.78 is 37.4. The first-order valence-electron chi connectivity index (χ1n) is 13.3. The molecule has 4 heterocycles. The van der Waals surface area contributed by atoms with Gasteiger partial charge in [-0.25, -0.2) is 8.78 Å². The lowest BCUT2D eigenvalue weighted by Gasteiger charge is -2.37. The van der Waals surface area contributed by atoms with Crippen LogP contribution in [0.2, 0.25) is 0 Å². The van der Waals surface area contributed by atoms with E-state index in [-0.39, 0.29) is 12.2 Å². The molecule has 0 radical (unpaired) electrons. The largest absolute Gasteiger partial charge is 0.374 e. The molecule has 188 valence electrons. The maximum Gasteiger partial charge on any atom is 0.124 e. The van der Waals surface area contributed by atoms with Crippen LogP contribution in [-0.2, 0) is 9.47 Å². The third kappa shape index (κ3) is 8.48. The second-order valence-corrected chi connectivity index (χ2v) is 11.3. The molecule has 0 aromatic carbocycles. The highest BCUT2D eigenvalue weighted by Gasteiger charge is 2.31. The Bertz CT molecular complexity index is 478. The molecule has 4 aliphatic rings. The van der Waals surface area contributed by atoms with Gasteiger partial charge in [0.15, 0.2) is 0 Å². The number of halogens is 2. The molecule has 4 fully saturated rings. The predicted octanol–water partition coefficient (Wildman–Crippen LogP) is 4.96. The first-order valence-corrected chi connectivity index (χ1v) is 13.3. The van der Waals surface area contributed by atoms with Crippen molar-refractivity contribution in [3.05, 3.63) is 0 Å². The minimum absolute atomic E-state index is 0.250. The van der Waals surface area contributed by atoms with E-state index in [0.717, 1.165) is 24.9 Å². The van der Waals surface area contributed by atoms with Gasteiger partial charge in [0.2, 0.25) is 0 Å². The van der Waals surface area contributed by atoms with Gasteiger partial charge in [-0.2, -0.15) is 0 Å². The van der Waals surface area contributed by atoms with Gasteiger partial charge in [-0.1, -0.05) is 27.7 Å². The molecule has 6 heteroatoms. The first kappa shape index (κ1) is 26.3. The van der Waals surface area contributed by atoms with Crippen molar-refractivity contribution in [2.75, 3.05) is 52.5 Å². The van der Waals surface area contributed by atoms with E-state index in [1.165, 1.54) is 51.9 Å². The number of ether oxygens (including phenoxy) is 2. The molecule has 4 saturated heterocycles. The van der Waals surface area contributed by atoms with Crippen LogP contribution in [0.5, 0.6) is 0 Å². The summed E-state index contributed by atoms with van der Waals surface area (Å²) in [5.74, 6) is 2.47. The summed E-state index contributed by atoms with van der Waals surface area (Å²) >= 11 is 0. The summed E-state index contributed by atoms with van der Waals surface area (Å²) in [6, 6.07) is 0. The molecule has 0 aliphatic carbocycles. The number of likely N-dealkylation sites (tertiary alicyclic amines) is 2. The van der Waals surface area contributed by atoms with Crippen molar-refractivity contribution in [1.82, 2.24) is 9.80 Å². The summed E-state index contributed by atoms with van der Waals surface area (Å²) in [5, 5.41) is 0. The van der Waals surface area contributed by atoms with Crippen LogP contribution >= 0.6 is 0 Å². The molecule has 4 nitrogen and oxygen atoms in total. The molecule has 0 N–H and O–H groups in total. The number of piperidine rings is 2. The Kier molecular flexibility index (Phi) is 10.7. The standard InChI is InChI=1S/2C13H24FNO/c2*1-10-3-5-15(6-4-10)8-13-11(2)7-12(14)9-16-13/h2*10-13H,3-9H2,1-2H3/t11?,12-,13-;11-,12?,13+/m11/s1. The summed E-state index contributed by atoms with van der Waals surface area (Å²) in [4.78, 5) is 4.97. The average Bonchev–Trinajstić information content (AvgIpc) is 2.76.